The summed E-state index contributed by atoms with van der Waals surface area (Å²) >= 11 is 0. The van der Waals surface area contributed by atoms with Crippen molar-refractivity contribution in [3.8, 4) is 11.5 Å². The van der Waals surface area contributed by atoms with Crippen molar-refractivity contribution in [2.75, 3.05) is 13.6 Å². The average molecular weight is 279 g/mol. The zero-order valence-electron chi connectivity index (χ0n) is 10.9. The third-order valence-corrected chi connectivity index (χ3v) is 2.68. The summed E-state index contributed by atoms with van der Waals surface area (Å²) in [6, 6.07) is 5.75. The molecule has 2 rings (SSSR count). The summed E-state index contributed by atoms with van der Waals surface area (Å²) in [5, 5.41) is 12.4. The van der Waals surface area contributed by atoms with Crippen LogP contribution in [0, 0.1) is 5.82 Å². The van der Waals surface area contributed by atoms with Crippen molar-refractivity contribution < 1.29 is 18.8 Å². The van der Waals surface area contributed by atoms with Gasteiger partial charge in [-0.25, -0.2) is 4.39 Å². The summed E-state index contributed by atoms with van der Waals surface area (Å²) in [4.78, 5) is 16.4. The molecule has 0 saturated carbocycles. The van der Waals surface area contributed by atoms with Crippen LogP contribution in [0.3, 0.4) is 0 Å². The van der Waals surface area contributed by atoms with Gasteiger partial charge in [0.1, 0.15) is 5.82 Å². The topological polar surface area (TPSA) is 79.5 Å². The van der Waals surface area contributed by atoms with E-state index in [1.165, 1.54) is 12.1 Å². The molecule has 0 bridgehead atoms. The van der Waals surface area contributed by atoms with Gasteiger partial charge in [-0.3, -0.25) is 9.69 Å². The highest BCUT2D eigenvalue weighted by molar-refractivity contribution is 5.66. The Hall–Kier alpha value is -2.28. The average Bonchev–Trinajstić information content (AvgIpc) is 2.85. The molecular weight excluding hydrogens is 265 g/mol. The van der Waals surface area contributed by atoms with Crippen molar-refractivity contribution >= 4 is 5.97 Å². The fourth-order valence-corrected chi connectivity index (χ4v) is 1.63. The molecule has 0 amide bonds. The van der Waals surface area contributed by atoms with Crippen molar-refractivity contribution in [2.24, 2.45) is 0 Å². The van der Waals surface area contributed by atoms with Crippen LogP contribution in [0.15, 0.2) is 28.8 Å². The SMILES string of the molecule is CN(CCC(=O)O)Cc1noc(-c2ccc(F)cc2)n1. The quantitative estimate of drug-likeness (QED) is 0.868. The molecule has 0 unspecified atom stereocenters. The molecule has 0 aliphatic heterocycles. The Morgan fingerprint density at radius 2 is 2.10 bits per heavy atom. The van der Waals surface area contributed by atoms with Gasteiger partial charge in [0.05, 0.1) is 13.0 Å². The molecule has 0 aliphatic carbocycles. The normalized spacial score (nSPS) is 10.9. The Bertz CT molecular complexity index is 583. The van der Waals surface area contributed by atoms with Crippen molar-refractivity contribution in [3.63, 3.8) is 0 Å². The second kappa shape index (κ2) is 6.25. The van der Waals surface area contributed by atoms with Gasteiger partial charge in [-0.1, -0.05) is 5.16 Å². The molecule has 0 aliphatic rings. The smallest absolute Gasteiger partial charge is 0.304 e. The Morgan fingerprint density at radius 1 is 1.40 bits per heavy atom. The van der Waals surface area contributed by atoms with E-state index < -0.39 is 5.97 Å². The summed E-state index contributed by atoms with van der Waals surface area (Å²) in [6.07, 6.45) is 0.0547. The molecule has 106 valence electrons. The summed E-state index contributed by atoms with van der Waals surface area (Å²) < 4.78 is 17.9. The first-order chi connectivity index (χ1) is 9.54. The first-order valence-corrected chi connectivity index (χ1v) is 6.03. The molecule has 2 aromatic rings. The van der Waals surface area contributed by atoms with E-state index in [4.69, 9.17) is 9.63 Å². The third-order valence-electron chi connectivity index (χ3n) is 2.68. The van der Waals surface area contributed by atoms with Crippen LogP contribution in [0.5, 0.6) is 0 Å². The van der Waals surface area contributed by atoms with Crippen molar-refractivity contribution in [1.29, 1.82) is 0 Å². The van der Waals surface area contributed by atoms with Crippen LogP contribution < -0.4 is 0 Å². The van der Waals surface area contributed by atoms with Crippen LogP contribution in [-0.2, 0) is 11.3 Å². The molecule has 20 heavy (non-hydrogen) atoms. The van der Waals surface area contributed by atoms with Gasteiger partial charge in [0.15, 0.2) is 5.82 Å². The number of carbonyl (C=O) groups is 1. The standard InChI is InChI=1S/C13H14FN3O3/c1-17(7-6-12(18)19)8-11-15-13(20-16-11)9-2-4-10(14)5-3-9/h2-5H,6-8H2,1H3,(H,18,19). The fraction of sp³-hybridized carbons (Fsp3) is 0.308. The maximum atomic E-state index is 12.8. The van der Waals surface area contributed by atoms with Gasteiger partial charge >= 0.3 is 5.97 Å². The Kier molecular flexibility index (Phi) is 4.41. The number of aliphatic carboxylic acids is 1. The number of hydrogen-bond donors (Lipinski definition) is 1. The van der Waals surface area contributed by atoms with Gasteiger partial charge in [-0.05, 0) is 31.3 Å². The number of carboxylic acid groups (broad SMARTS) is 1. The van der Waals surface area contributed by atoms with Crippen LogP contribution in [0.25, 0.3) is 11.5 Å². The molecule has 6 nitrogen and oxygen atoms in total. The van der Waals surface area contributed by atoms with Gasteiger partial charge in [-0.2, -0.15) is 4.98 Å². The molecule has 1 heterocycles. The molecule has 1 aromatic carbocycles. The third kappa shape index (κ3) is 3.86. The molecule has 0 saturated heterocycles. The Labute approximate surface area is 114 Å². The highest BCUT2D eigenvalue weighted by Crippen LogP contribution is 2.17. The van der Waals surface area contributed by atoms with Crippen LogP contribution in [0.1, 0.15) is 12.2 Å². The van der Waals surface area contributed by atoms with Gasteiger partial charge in [0.2, 0.25) is 0 Å². The highest BCUT2D eigenvalue weighted by Gasteiger charge is 2.11. The van der Waals surface area contributed by atoms with Gasteiger partial charge < -0.3 is 9.63 Å². The molecule has 1 aromatic heterocycles. The zero-order valence-corrected chi connectivity index (χ0v) is 10.9. The van der Waals surface area contributed by atoms with E-state index in [0.717, 1.165) is 0 Å². The summed E-state index contributed by atoms with van der Waals surface area (Å²) in [5.74, 6) is -0.414. The maximum Gasteiger partial charge on any atom is 0.304 e. The monoisotopic (exact) mass is 279 g/mol. The largest absolute Gasteiger partial charge is 0.481 e. The van der Waals surface area contributed by atoms with Gasteiger partial charge in [0, 0.05) is 12.1 Å². The maximum absolute atomic E-state index is 12.8. The minimum atomic E-state index is -0.850. The highest BCUT2D eigenvalue weighted by atomic mass is 19.1. The molecular formula is C13H14FN3O3. The van der Waals surface area contributed by atoms with Crippen LogP contribution in [0.4, 0.5) is 4.39 Å². The lowest BCUT2D eigenvalue weighted by atomic mass is 10.2. The van der Waals surface area contributed by atoms with Crippen molar-refractivity contribution in [3.05, 3.63) is 35.9 Å². The molecule has 1 N–H and O–H groups in total. The van der Waals surface area contributed by atoms with Crippen LogP contribution in [0.2, 0.25) is 0 Å². The Morgan fingerprint density at radius 3 is 2.75 bits per heavy atom. The first-order valence-electron chi connectivity index (χ1n) is 6.03. The van der Waals surface area contributed by atoms with Crippen molar-refractivity contribution in [1.82, 2.24) is 15.0 Å². The van der Waals surface area contributed by atoms with E-state index in [2.05, 4.69) is 10.1 Å². The molecule has 0 radical (unpaired) electrons. The lowest BCUT2D eigenvalue weighted by molar-refractivity contribution is -0.137. The Balaban J connectivity index is 1.98. The predicted molar refractivity (Wildman–Crippen MR) is 68.3 cm³/mol. The van der Waals surface area contributed by atoms with E-state index in [1.807, 2.05) is 0 Å². The number of hydrogen-bond acceptors (Lipinski definition) is 5. The molecule has 7 heteroatoms. The fourth-order valence-electron chi connectivity index (χ4n) is 1.63. The lowest BCUT2D eigenvalue weighted by Crippen LogP contribution is -2.21. The minimum Gasteiger partial charge on any atom is -0.481 e. The summed E-state index contributed by atoms with van der Waals surface area (Å²) in [5.41, 5.74) is 0.637. The summed E-state index contributed by atoms with van der Waals surface area (Å²) in [7, 11) is 1.77. The van der Waals surface area contributed by atoms with E-state index in [-0.39, 0.29) is 12.2 Å². The lowest BCUT2D eigenvalue weighted by Gasteiger charge is -2.11. The van der Waals surface area contributed by atoms with Gasteiger partial charge in [-0.15, -0.1) is 0 Å². The molecule has 0 spiro atoms. The first kappa shape index (κ1) is 14.1. The van der Waals surface area contributed by atoms with Crippen molar-refractivity contribution in [2.45, 2.75) is 13.0 Å². The van der Waals surface area contributed by atoms with E-state index in [0.29, 0.717) is 30.4 Å². The minimum absolute atomic E-state index is 0.0547. The second-order valence-electron chi connectivity index (χ2n) is 4.40. The number of nitrogens with zero attached hydrogens (tertiary/aromatic N) is 3. The number of halogens is 1. The number of aromatic nitrogens is 2. The van der Waals surface area contributed by atoms with Gasteiger partial charge in [0.25, 0.3) is 5.89 Å². The van der Waals surface area contributed by atoms with Crippen LogP contribution >= 0.6 is 0 Å². The number of carboxylic acids is 1. The summed E-state index contributed by atoms with van der Waals surface area (Å²) in [6.45, 7) is 0.785. The number of rotatable bonds is 6. The zero-order chi connectivity index (χ0) is 14.5. The molecule has 0 fully saturated rings. The van der Waals surface area contributed by atoms with E-state index >= 15 is 0 Å². The van der Waals surface area contributed by atoms with Crippen LogP contribution in [-0.4, -0.2) is 39.7 Å². The second-order valence-corrected chi connectivity index (χ2v) is 4.40. The number of benzene rings is 1. The molecule has 0 atom stereocenters. The van der Waals surface area contributed by atoms with E-state index in [1.54, 1.807) is 24.1 Å². The van der Waals surface area contributed by atoms with E-state index in [9.17, 15) is 9.18 Å². The predicted octanol–water partition coefficient (Wildman–Crippen LogP) is 1.78.